The maximum absolute atomic E-state index is 4.35. The number of hydrogen-bond donors (Lipinski definition) is 1. The van der Waals surface area contributed by atoms with Crippen molar-refractivity contribution in [2.75, 3.05) is 6.54 Å². The summed E-state index contributed by atoms with van der Waals surface area (Å²) in [6.45, 7) is 7.28. The number of aryl methyl sites for hydroxylation is 2. The minimum absolute atomic E-state index is 0.136. The Balaban J connectivity index is 2.38. The Morgan fingerprint density at radius 3 is 2.61 bits per heavy atom. The zero-order valence-electron chi connectivity index (χ0n) is 11.1. The Bertz CT molecular complexity index is 508. The highest BCUT2D eigenvalue weighted by molar-refractivity contribution is 5.35. The van der Waals surface area contributed by atoms with Crippen LogP contribution in [0.15, 0.2) is 36.8 Å². The average molecular weight is 241 g/mol. The van der Waals surface area contributed by atoms with Crippen molar-refractivity contribution in [2.45, 2.75) is 26.8 Å². The van der Waals surface area contributed by atoms with Crippen LogP contribution in [-0.2, 0) is 0 Å². The van der Waals surface area contributed by atoms with E-state index in [2.05, 4.69) is 54.3 Å². The van der Waals surface area contributed by atoms with E-state index >= 15 is 0 Å². The third-order valence-electron chi connectivity index (χ3n) is 3.17. The molecule has 1 heterocycles. The summed E-state index contributed by atoms with van der Waals surface area (Å²) < 4.78 is 0. The number of benzene rings is 1. The molecule has 0 aliphatic carbocycles. The summed E-state index contributed by atoms with van der Waals surface area (Å²) in [5, 5.41) is 3.47. The topological polar surface area (TPSA) is 37.8 Å². The van der Waals surface area contributed by atoms with Crippen LogP contribution in [0, 0.1) is 13.8 Å². The van der Waals surface area contributed by atoms with E-state index in [4.69, 9.17) is 0 Å². The van der Waals surface area contributed by atoms with E-state index in [0.29, 0.717) is 0 Å². The van der Waals surface area contributed by atoms with E-state index in [9.17, 15) is 0 Å². The number of rotatable bonds is 4. The summed E-state index contributed by atoms with van der Waals surface area (Å²) in [7, 11) is 0. The molecule has 3 nitrogen and oxygen atoms in total. The summed E-state index contributed by atoms with van der Waals surface area (Å²) >= 11 is 0. The van der Waals surface area contributed by atoms with Gasteiger partial charge >= 0.3 is 0 Å². The second-order valence-electron chi connectivity index (χ2n) is 4.47. The van der Waals surface area contributed by atoms with Crippen molar-refractivity contribution in [1.82, 2.24) is 15.3 Å². The molecule has 18 heavy (non-hydrogen) atoms. The van der Waals surface area contributed by atoms with Gasteiger partial charge in [0, 0.05) is 6.20 Å². The number of nitrogens with one attached hydrogen (secondary N) is 1. The molecule has 0 radical (unpaired) electrons. The normalized spacial score (nSPS) is 12.4. The Hall–Kier alpha value is -1.74. The van der Waals surface area contributed by atoms with Crippen molar-refractivity contribution in [2.24, 2.45) is 0 Å². The number of hydrogen-bond acceptors (Lipinski definition) is 3. The van der Waals surface area contributed by atoms with E-state index in [-0.39, 0.29) is 6.04 Å². The van der Waals surface area contributed by atoms with Crippen LogP contribution in [0.4, 0.5) is 0 Å². The molecule has 2 aromatic rings. The smallest absolute Gasteiger partial charge is 0.115 e. The third-order valence-corrected chi connectivity index (χ3v) is 3.17. The SMILES string of the molecule is CCNC(c1ccc(C)c(C)c1)c1ccncn1. The lowest BCUT2D eigenvalue weighted by Gasteiger charge is -2.18. The monoisotopic (exact) mass is 241 g/mol. The van der Waals surface area contributed by atoms with Crippen LogP contribution in [0.1, 0.15) is 35.3 Å². The lowest BCUT2D eigenvalue weighted by molar-refractivity contribution is 0.613. The van der Waals surface area contributed by atoms with Crippen LogP contribution in [0.3, 0.4) is 0 Å². The molecule has 1 N–H and O–H groups in total. The fraction of sp³-hybridized carbons (Fsp3) is 0.333. The van der Waals surface area contributed by atoms with Crippen molar-refractivity contribution in [1.29, 1.82) is 0 Å². The maximum Gasteiger partial charge on any atom is 0.115 e. The zero-order chi connectivity index (χ0) is 13.0. The Labute approximate surface area is 108 Å². The van der Waals surface area contributed by atoms with E-state index in [0.717, 1.165) is 12.2 Å². The molecule has 94 valence electrons. The summed E-state index contributed by atoms with van der Waals surface area (Å²) in [6.07, 6.45) is 3.38. The molecule has 0 fully saturated rings. The zero-order valence-corrected chi connectivity index (χ0v) is 11.1. The van der Waals surface area contributed by atoms with Gasteiger partial charge in [0.25, 0.3) is 0 Å². The Morgan fingerprint density at radius 2 is 2.00 bits per heavy atom. The first kappa shape index (κ1) is 12.7. The fourth-order valence-corrected chi connectivity index (χ4v) is 2.01. The molecule has 0 bridgehead atoms. The maximum atomic E-state index is 4.35. The van der Waals surface area contributed by atoms with Gasteiger partial charge in [-0.05, 0) is 43.1 Å². The van der Waals surface area contributed by atoms with Crippen molar-refractivity contribution in [3.8, 4) is 0 Å². The predicted molar refractivity (Wildman–Crippen MR) is 73.5 cm³/mol. The highest BCUT2D eigenvalue weighted by Crippen LogP contribution is 2.22. The lowest BCUT2D eigenvalue weighted by atomic mass is 9.99. The number of nitrogens with zero attached hydrogens (tertiary/aromatic N) is 2. The fourth-order valence-electron chi connectivity index (χ4n) is 2.01. The van der Waals surface area contributed by atoms with Crippen molar-refractivity contribution < 1.29 is 0 Å². The largest absolute Gasteiger partial charge is 0.305 e. The van der Waals surface area contributed by atoms with Crippen LogP contribution < -0.4 is 5.32 Å². The summed E-state index contributed by atoms with van der Waals surface area (Å²) in [4.78, 5) is 8.33. The van der Waals surface area contributed by atoms with Gasteiger partial charge in [-0.3, -0.25) is 0 Å². The molecule has 0 amide bonds. The van der Waals surface area contributed by atoms with E-state index in [1.165, 1.54) is 16.7 Å². The van der Waals surface area contributed by atoms with Crippen LogP contribution in [0.5, 0.6) is 0 Å². The highest BCUT2D eigenvalue weighted by Gasteiger charge is 2.14. The summed E-state index contributed by atoms with van der Waals surface area (Å²) in [5.74, 6) is 0. The van der Waals surface area contributed by atoms with Gasteiger partial charge in [-0.1, -0.05) is 25.1 Å². The van der Waals surface area contributed by atoms with Crippen LogP contribution in [0.25, 0.3) is 0 Å². The molecular formula is C15H19N3. The molecule has 0 aliphatic heterocycles. The lowest BCUT2D eigenvalue weighted by Crippen LogP contribution is -2.23. The Kier molecular flexibility index (Phi) is 4.05. The van der Waals surface area contributed by atoms with E-state index < -0.39 is 0 Å². The van der Waals surface area contributed by atoms with Crippen LogP contribution >= 0.6 is 0 Å². The highest BCUT2D eigenvalue weighted by atomic mass is 14.9. The van der Waals surface area contributed by atoms with Crippen molar-refractivity contribution in [3.63, 3.8) is 0 Å². The van der Waals surface area contributed by atoms with Gasteiger partial charge in [-0.25, -0.2) is 9.97 Å². The summed E-state index contributed by atoms with van der Waals surface area (Å²) in [5.41, 5.74) is 4.88. The van der Waals surface area contributed by atoms with Crippen LogP contribution in [-0.4, -0.2) is 16.5 Å². The quantitative estimate of drug-likeness (QED) is 0.894. The molecule has 0 saturated carbocycles. The third kappa shape index (κ3) is 2.74. The molecule has 0 saturated heterocycles. The first-order valence-corrected chi connectivity index (χ1v) is 6.28. The van der Waals surface area contributed by atoms with Crippen molar-refractivity contribution in [3.05, 3.63) is 59.2 Å². The summed E-state index contributed by atoms with van der Waals surface area (Å²) in [6, 6.07) is 8.65. The second kappa shape index (κ2) is 5.74. The van der Waals surface area contributed by atoms with Gasteiger partial charge in [0.2, 0.25) is 0 Å². The molecule has 1 aromatic heterocycles. The van der Waals surface area contributed by atoms with Gasteiger partial charge in [0.1, 0.15) is 6.33 Å². The predicted octanol–water partition coefficient (Wildman–Crippen LogP) is 2.79. The van der Waals surface area contributed by atoms with Gasteiger partial charge in [0.05, 0.1) is 11.7 Å². The van der Waals surface area contributed by atoms with E-state index in [1.54, 1.807) is 12.5 Å². The van der Waals surface area contributed by atoms with Gasteiger partial charge in [-0.15, -0.1) is 0 Å². The van der Waals surface area contributed by atoms with Gasteiger partial charge in [-0.2, -0.15) is 0 Å². The molecular weight excluding hydrogens is 222 g/mol. The molecule has 0 aliphatic rings. The Morgan fingerprint density at radius 1 is 1.17 bits per heavy atom. The molecule has 2 rings (SSSR count). The minimum Gasteiger partial charge on any atom is -0.305 e. The standard InChI is InChI=1S/C15H19N3/c1-4-17-15(14-7-8-16-10-18-14)13-6-5-11(2)12(3)9-13/h5-10,15,17H,4H2,1-3H3. The molecule has 1 aromatic carbocycles. The first-order valence-electron chi connectivity index (χ1n) is 6.28. The second-order valence-corrected chi connectivity index (χ2v) is 4.47. The molecule has 1 atom stereocenters. The van der Waals surface area contributed by atoms with Gasteiger partial charge < -0.3 is 5.32 Å². The van der Waals surface area contributed by atoms with Gasteiger partial charge in [0.15, 0.2) is 0 Å². The average Bonchev–Trinajstić information content (AvgIpc) is 2.40. The molecule has 0 spiro atoms. The first-order chi connectivity index (χ1) is 8.72. The number of aromatic nitrogens is 2. The minimum atomic E-state index is 0.136. The molecule has 1 unspecified atom stereocenters. The molecule has 3 heteroatoms. The van der Waals surface area contributed by atoms with Crippen molar-refractivity contribution >= 4 is 0 Å². The van der Waals surface area contributed by atoms with Crippen LogP contribution in [0.2, 0.25) is 0 Å². The van der Waals surface area contributed by atoms with E-state index in [1.807, 2.05) is 6.07 Å².